The molecule has 2 heteroatoms. The fourth-order valence-electron chi connectivity index (χ4n) is 3.59. The quantitative estimate of drug-likeness (QED) is 0.642. The van der Waals surface area contributed by atoms with Crippen molar-refractivity contribution in [2.75, 3.05) is 11.9 Å². The summed E-state index contributed by atoms with van der Waals surface area (Å²) in [5.41, 5.74) is 9.79. The Balaban J connectivity index is 2.29. The highest BCUT2D eigenvalue weighted by atomic mass is 14.9. The van der Waals surface area contributed by atoms with E-state index in [9.17, 15) is 0 Å². The highest BCUT2D eigenvalue weighted by molar-refractivity contribution is 6.01. The van der Waals surface area contributed by atoms with Gasteiger partial charge in [-0.05, 0) is 56.9 Å². The minimum atomic E-state index is 0.978. The van der Waals surface area contributed by atoms with Gasteiger partial charge in [0.15, 0.2) is 0 Å². The summed E-state index contributed by atoms with van der Waals surface area (Å²) in [4.78, 5) is 4.89. The van der Waals surface area contributed by atoms with Gasteiger partial charge in [0.25, 0.3) is 0 Å². The van der Waals surface area contributed by atoms with Gasteiger partial charge in [0.05, 0.1) is 5.52 Å². The van der Waals surface area contributed by atoms with Gasteiger partial charge in [-0.2, -0.15) is 0 Å². The number of rotatable bonds is 4. The standard InChI is InChI=1S/C22H26N2/c1-6-10-23-20-13-17(5)24-22-18(20)8-7-9-19(22)21-15(3)11-14(2)12-16(21)4/h7-9,11-13H,6,10H2,1-5H3,(H,23,24). The van der Waals surface area contributed by atoms with E-state index in [-0.39, 0.29) is 0 Å². The van der Waals surface area contributed by atoms with Crippen molar-refractivity contribution in [3.8, 4) is 11.1 Å². The fraction of sp³-hybridized carbons (Fsp3) is 0.318. The van der Waals surface area contributed by atoms with Crippen LogP contribution in [0.1, 0.15) is 35.7 Å². The van der Waals surface area contributed by atoms with Crippen LogP contribution in [0.2, 0.25) is 0 Å². The molecule has 1 heterocycles. The number of nitrogens with zero attached hydrogens (tertiary/aromatic N) is 1. The van der Waals surface area contributed by atoms with Crippen LogP contribution in [0, 0.1) is 27.7 Å². The van der Waals surface area contributed by atoms with Crippen molar-refractivity contribution in [1.82, 2.24) is 4.98 Å². The summed E-state index contributed by atoms with van der Waals surface area (Å²) in [6.07, 6.45) is 1.11. The van der Waals surface area contributed by atoms with Crippen LogP contribution in [-0.2, 0) is 0 Å². The number of aryl methyl sites for hydroxylation is 4. The molecule has 0 bridgehead atoms. The number of para-hydroxylation sites is 1. The lowest BCUT2D eigenvalue weighted by Crippen LogP contribution is -2.02. The van der Waals surface area contributed by atoms with E-state index in [1.165, 1.54) is 38.9 Å². The third-order valence-electron chi connectivity index (χ3n) is 4.48. The lowest BCUT2D eigenvalue weighted by molar-refractivity contribution is 0.980. The number of fused-ring (bicyclic) bond motifs is 1. The smallest absolute Gasteiger partial charge is 0.0804 e. The van der Waals surface area contributed by atoms with Crippen LogP contribution in [0.3, 0.4) is 0 Å². The molecule has 0 saturated carbocycles. The molecular formula is C22H26N2. The molecule has 0 unspecified atom stereocenters. The average molecular weight is 318 g/mol. The summed E-state index contributed by atoms with van der Waals surface area (Å²) in [6.45, 7) is 11.8. The summed E-state index contributed by atoms with van der Waals surface area (Å²) in [5, 5.41) is 4.76. The first-order chi connectivity index (χ1) is 11.5. The molecule has 3 aromatic rings. The van der Waals surface area contributed by atoms with Crippen molar-refractivity contribution < 1.29 is 0 Å². The third kappa shape index (κ3) is 3.01. The molecule has 2 nitrogen and oxygen atoms in total. The Hall–Kier alpha value is -2.35. The van der Waals surface area contributed by atoms with Gasteiger partial charge in [-0.15, -0.1) is 0 Å². The molecule has 0 radical (unpaired) electrons. The molecule has 3 rings (SSSR count). The Labute approximate surface area is 144 Å². The summed E-state index contributed by atoms with van der Waals surface area (Å²) in [7, 11) is 0. The van der Waals surface area contributed by atoms with Crippen molar-refractivity contribution >= 4 is 16.6 Å². The Kier molecular flexibility index (Phi) is 4.57. The molecular weight excluding hydrogens is 292 g/mol. The predicted molar refractivity (Wildman–Crippen MR) is 105 cm³/mol. The second kappa shape index (κ2) is 6.64. The lowest BCUT2D eigenvalue weighted by Gasteiger charge is -2.16. The molecule has 124 valence electrons. The minimum Gasteiger partial charge on any atom is -0.384 e. The van der Waals surface area contributed by atoms with Gasteiger partial charge in [-0.1, -0.05) is 42.8 Å². The van der Waals surface area contributed by atoms with Gasteiger partial charge in [0, 0.05) is 28.9 Å². The Morgan fingerprint density at radius 2 is 1.67 bits per heavy atom. The fourth-order valence-corrected chi connectivity index (χ4v) is 3.59. The number of anilines is 1. The zero-order valence-electron chi connectivity index (χ0n) is 15.3. The van der Waals surface area contributed by atoms with Crippen molar-refractivity contribution in [3.63, 3.8) is 0 Å². The zero-order chi connectivity index (χ0) is 17.3. The van der Waals surface area contributed by atoms with Crippen LogP contribution >= 0.6 is 0 Å². The first kappa shape index (κ1) is 16.5. The van der Waals surface area contributed by atoms with Crippen LogP contribution in [0.5, 0.6) is 0 Å². The molecule has 0 amide bonds. The number of aromatic nitrogens is 1. The maximum atomic E-state index is 4.89. The Morgan fingerprint density at radius 1 is 0.958 bits per heavy atom. The molecule has 1 N–H and O–H groups in total. The van der Waals surface area contributed by atoms with Gasteiger partial charge < -0.3 is 5.32 Å². The molecule has 0 aliphatic heterocycles. The molecule has 1 aromatic heterocycles. The van der Waals surface area contributed by atoms with Crippen LogP contribution < -0.4 is 5.32 Å². The summed E-state index contributed by atoms with van der Waals surface area (Å²) >= 11 is 0. The van der Waals surface area contributed by atoms with Crippen LogP contribution in [-0.4, -0.2) is 11.5 Å². The maximum Gasteiger partial charge on any atom is 0.0804 e. The summed E-state index contributed by atoms with van der Waals surface area (Å²) < 4.78 is 0. The van der Waals surface area contributed by atoms with Crippen LogP contribution in [0.25, 0.3) is 22.0 Å². The van der Waals surface area contributed by atoms with Crippen LogP contribution in [0.15, 0.2) is 36.4 Å². The first-order valence-corrected chi connectivity index (χ1v) is 8.73. The molecule has 0 aliphatic carbocycles. The predicted octanol–water partition coefficient (Wildman–Crippen LogP) is 5.96. The monoisotopic (exact) mass is 318 g/mol. The molecule has 0 fully saturated rings. The van der Waals surface area contributed by atoms with Gasteiger partial charge in [0.2, 0.25) is 0 Å². The lowest BCUT2D eigenvalue weighted by atomic mass is 9.92. The number of hydrogen-bond donors (Lipinski definition) is 1. The second-order valence-corrected chi connectivity index (χ2v) is 6.71. The van der Waals surface area contributed by atoms with Crippen LogP contribution in [0.4, 0.5) is 5.69 Å². The largest absolute Gasteiger partial charge is 0.384 e. The highest BCUT2D eigenvalue weighted by Gasteiger charge is 2.13. The van der Waals surface area contributed by atoms with Crippen molar-refractivity contribution in [2.45, 2.75) is 41.0 Å². The van der Waals surface area contributed by atoms with E-state index in [2.05, 4.69) is 76.3 Å². The van der Waals surface area contributed by atoms with Crippen molar-refractivity contribution in [1.29, 1.82) is 0 Å². The number of nitrogens with one attached hydrogen (secondary N) is 1. The molecule has 0 saturated heterocycles. The highest BCUT2D eigenvalue weighted by Crippen LogP contribution is 2.35. The van der Waals surface area contributed by atoms with E-state index >= 15 is 0 Å². The maximum absolute atomic E-state index is 4.89. The van der Waals surface area contributed by atoms with E-state index in [4.69, 9.17) is 4.98 Å². The summed E-state index contributed by atoms with van der Waals surface area (Å²) in [6, 6.07) is 13.2. The average Bonchev–Trinajstić information content (AvgIpc) is 2.52. The van der Waals surface area contributed by atoms with Crippen molar-refractivity contribution in [2.24, 2.45) is 0 Å². The van der Waals surface area contributed by atoms with E-state index in [0.29, 0.717) is 0 Å². The number of pyridine rings is 1. The van der Waals surface area contributed by atoms with E-state index < -0.39 is 0 Å². The second-order valence-electron chi connectivity index (χ2n) is 6.71. The minimum absolute atomic E-state index is 0.978. The van der Waals surface area contributed by atoms with Gasteiger partial charge in [-0.25, -0.2) is 0 Å². The van der Waals surface area contributed by atoms with Gasteiger partial charge in [-0.3, -0.25) is 4.98 Å². The summed E-state index contributed by atoms with van der Waals surface area (Å²) in [5.74, 6) is 0. The molecule has 0 atom stereocenters. The number of hydrogen-bond acceptors (Lipinski definition) is 2. The van der Waals surface area contributed by atoms with E-state index in [1.54, 1.807) is 0 Å². The van der Waals surface area contributed by atoms with Gasteiger partial charge >= 0.3 is 0 Å². The number of benzene rings is 2. The van der Waals surface area contributed by atoms with Crippen molar-refractivity contribution in [3.05, 3.63) is 58.8 Å². The molecule has 0 spiro atoms. The Morgan fingerprint density at radius 3 is 2.33 bits per heavy atom. The topological polar surface area (TPSA) is 24.9 Å². The SMILES string of the molecule is CCCNc1cc(C)nc2c(-c3c(C)cc(C)cc3C)cccc12. The van der Waals surface area contributed by atoms with Gasteiger partial charge in [0.1, 0.15) is 0 Å². The molecule has 2 aromatic carbocycles. The molecule has 24 heavy (non-hydrogen) atoms. The van der Waals surface area contributed by atoms with E-state index in [0.717, 1.165) is 24.2 Å². The normalized spacial score (nSPS) is 11.0. The Bertz CT molecular complexity index is 871. The first-order valence-electron chi connectivity index (χ1n) is 8.73. The zero-order valence-corrected chi connectivity index (χ0v) is 15.3. The molecule has 0 aliphatic rings. The van der Waals surface area contributed by atoms with E-state index in [1.807, 2.05) is 0 Å². The third-order valence-corrected chi connectivity index (χ3v) is 4.48.